The van der Waals surface area contributed by atoms with Crippen molar-refractivity contribution >= 4 is 27.7 Å². The van der Waals surface area contributed by atoms with Crippen LogP contribution in [-0.4, -0.2) is 15.8 Å². The quantitative estimate of drug-likeness (QED) is 0.550. The average Bonchev–Trinajstić information content (AvgIpc) is 2.25. The van der Waals surface area contributed by atoms with Crippen molar-refractivity contribution in [3.8, 4) is 0 Å². The molecule has 0 radical (unpaired) electrons. The van der Waals surface area contributed by atoms with Crippen LogP contribution >= 0.6 is 27.7 Å². The number of hydrogen-bond acceptors (Lipinski definition) is 1. The Bertz CT molecular complexity index is 115. The summed E-state index contributed by atoms with van der Waals surface area (Å²) in [5.74, 6) is 2.51. The van der Waals surface area contributed by atoms with E-state index >= 15 is 0 Å². The summed E-state index contributed by atoms with van der Waals surface area (Å²) >= 11 is 5.89. The maximum atomic E-state index is 3.72. The van der Waals surface area contributed by atoms with Gasteiger partial charge in [-0.05, 0) is 30.9 Å². The molecule has 9 heavy (non-hydrogen) atoms. The minimum absolute atomic E-state index is 0.834. The van der Waals surface area contributed by atoms with E-state index in [0.29, 0.717) is 0 Å². The van der Waals surface area contributed by atoms with Crippen molar-refractivity contribution in [2.45, 2.75) is 29.3 Å². The zero-order valence-electron chi connectivity index (χ0n) is 5.35. The van der Waals surface area contributed by atoms with Crippen LogP contribution < -0.4 is 0 Å². The molecule has 1 saturated carbocycles. The lowest BCUT2D eigenvalue weighted by Gasteiger charge is -2.22. The van der Waals surface area contributed by atoms with Crippen LogP contribution in [-0.2, 0) is 0 Å². The molecule has 2 fully saturated rings. The number of hydrogen-bond donors (Lipinski definition) is 0. The molecule has 3 atom stereocenters. The maximum absolute atomic E-state index is 3.72. The van der Waals surface area contributed by atoms with Gasteiger partial charge in [0.15, 0.2) is 0 Å². The Morgan fingerprint density at radius 2 is 2.22 bits per heavy atom. The summed E-state index contributed by atoms with van der Waals surface area (Å²) in [6.45, 7) is 0. The molecule has 1 saturated heterocycles. The normalized spacial score (nSPS) is 49.7. The second kappa shape index (κ2) is 2.46. The van der Waals surface area contributed by atoms with E-state index in [1.54, 1.807) is 0 Å². The van der Waals surface area contributed by atoms with Gasteiger partial charge in [-0.3, -0.25) is 0 Å². The fraction of sp³-hybridized carbons (Fsp3) is 1.00. The molecule has 1 aliphatic carbocycles. The molecule has 2 bridgehead atoms. The van der Waals surface area contributed by atoms with Crippen LogP contribution in [0.15, 0.2) is 0 Å². The van der Waals surface area contributed by atoms with Crippen molar-refractivity contribution in [3.63, 3.8) is 0 Å². The molecule has 0 aromatic carbocycles. The van der Waals surface area contributed by atoms with Crippen molar-refractivity contribution in [2.24, 2.45) is 5.92 Å². The van der Waals surface area contributed by atoms with Crippen LogP contribution in [0.1, 0.15) is 19.3 Å². The van der Waals surface area contributed by atoms with Gasteiger partial charge in [0.05, 0.1) is 0 Å². The van der Waals surface area contributed by atoms with Crippen molar-refractivity contribution < 1.29 is 0 Å². The average molecular weight is 207 g/mol. The number of fused-ring (bicyclic) bond motifs is 2. The number of alkyl halides is 1. The summed E-state index contributed by atoms with van der Waals surface area (Å²) in [6, 6.07) is 0. The van der Waals surface area contributed by atoms with Crippen molar-refractivity contribution in [3.05, 3.63) is 0 Å². The number of halogens is 1. The van der Waals surface area contributed by atoms with Crippen LogP contribution in [0.5, 0.6) is 0 Å². The molecular formula is C7H11BrS. The largest absolute Gasteiger partial charge is 0.157 e. The molecule has 0 aromatic heterocycles. The van der Waals surface area contributed by atoms with Crippen LogP contribution in [0.4, 0.5) is 0 Å². The molecule has 1 aliphatic heterocycles. The van der Waals surface area contributed by atoms with Crippen LogP contribution in [0.25, 0.3) is 0 Å². The smallest absolute Gasteiger partial charge is 0.0264 e. The fourth-order valence-corrected chi connectivity index (χ4v) is 4.27. The van der Waals surface area contributed by atoms with E-state index in [-0.39, 0.29) is 0 Å². The lowest BCUT2D eigenvalue weighted by molar-refractivity contribution is 0.433. The first kappa shape index (κ1) is 6.53. The summed E-state index contributed by atoms with van der Waals surface area (Å²) in [7, 11) is 0. The van der Waals surface area contributed by atoms with E-state index < -0.39 is 0 Å². The van der Waals surface area contributed by atoms with Crippen molar-refractivity contribution in [1.29, 1.82) is 0 Å². The Kier molecular flexibility index (Phi) is 1.79. The third kappa shape index (κ3) is 1.16. The Morgan fingerprint density at radius 3 is 3.00 bits per heavy atom. The molecule has 0 unspecified atom stereocenters. The third-order valence-corrected chi connectivity index (χ3v) is 5.42. The molecule has 0 aromatic rings. The lowest BCUT2D eigenvalue weighted by Crippen LogP contribution is -2.20. The Balaban J connectivity index is 2.05. The highest BCUT2D eigenvalue weighted by molar-refractivity contribution is 9.09. The number of thioether (sulfide) groups is 1. The minimum Gasteiger partial charge on any atom is -0.157 e. The van der Waals surface area contributed by atoms with Gasteiger partial charge in [-0.1, -0.05) is 15.9 Å². The van der Waals surface area contributed by atoms with E-state index in [2.05, 4.69) is 27.7 Å². The van der Waals surface area contributed by atoms with Crippen molar-refractivity contribution in [2.75, 3.05) is 5.75 Å². The SMILES string of the molecule is Br[C@@H]1CC[C@H]2CS[C@H]1C2. The molecular weight excluding hydrogens is 196 g/mol. The third-order valence-electron chi connectivity index (χ3n) is 2.37. The Labute approximate surface area is 68.9 Å². The first-order valence-corrected chi connectivity index (χ1v) is 5.58. The first-order chi connectivity index (χ1) is 4.36. The van der Waals surface area contributed by atoms with E-state index in [1.807, 2.05) is 0 Å². The van der Waals surface area contributed by atoms with E-state index in [0.717, 1.165) is 16.0 Å². The number of rotatable bonds is 0. The topological polar surface area (TPSA) is 0 Å². The molecule has 0 nitrogen and oxygen atoms in total. The zero-order chi connectivity index (χ0) is 6.27. The van der Waals surface area contributed by atoms with Crippen LogP contribution in [0.2, 0.25) is 0 Å². The van der Waals surface area contributed by atoms with Gasteiger partial charge in [-0.2, -0.15) is 11.8 Å². The highest BCUT2D eigenvalue weighted by Crippen LogP contribution is 2.44. The second-order valence-corrected chi connectivity index (χ2v) is 5.52. The highest BCUT2D eigenvalue weighted by Gasteiger charge is 2.34. The molecule has 2 rings (SSSR count). The van der Waals surface area contributed by atoms with E-state index in [1.165, 1.54) is 25.0 Å². The van der Waals surface area contributed by atoms with Gasteiger partial charge in [-0.25, -0.2) is 0 Å². The Hall–Kier alpha value is 0.830. The maximum Gasteiger partial charge on any atom is 0.0264 e. The van der Waals surface area contributed by atoms with Crippen LogP contribution in [0.3, 0.4) is 0 Å². The standard InChI is InChI=1S/C7H11BrS/c8-6-2-1-5-3-7(6)9-4-5/h5-7H,1-4H2/t5-,6-,7+/m1/s1. The predicted molar refractivity (Wildman–Crippen MR) is 46.3 cm³/mol. The molecule has 2 heteroatoms. The molecule has 1 heterocycles. The summed E-state index contributed by atoms with van der Waals surface area (Å²) in [6.07, 6.45) is 4.38. The summed E-state index contributed by atoms with van der Waals surface area (Å²) < 4.78 is 0. The first-order valence-electron chi connectivity index (χ1n) is 3.62. The highest BCUT2D eigenvalue weighted by atomic mass is 79.9. The molecule has 52 valence electrons. The predicted octanol–water partition coefficient (Wildman–Crippen LogP) is 2.67. The van der Waals surface area contributed by atoms with Gasteiger partial charge in [0.25, 0.3) is 0 Å². The molecule has 0 amide bonds. The summed E-state index contributed by atoms with van der Waals surface area (Å²) in [4.78, 5) is 0.834. The second-order valence-electron chi connectivity index (χ2n) is 3.07. The van der Waals surface area contributed by atoms with Crippen LogP contribution in [0, 0.1) is 5.92 Å². The summed E-state index contributed by atoms with van der Waals surface area (Å²) in [5, 5.41) is 0.962. The van der Waals surface area contributed by atoms with Gasteiger partial charge in [0.2, 0.25) is 0 Å². The van der Waals surface area contributed by atoms with Gasteiger partial charge in [0, 0.05) is 10.1 Å². The van der Waals surface area contributed by atoms with Gasteiger partial charge in [0.1, 0.15) is 0 Å². The molecule has 2 aliphatic rings. The fourth-order valence-electron chi connectivity index (χ4n) is 1.76. The zero-order valence-corrected chi connectivity index (χ0v) is 7.75. The minimum atomic E-state index is 0.834. The van der Waals surface area contributed by atoms with Gasteiger partial charge >= 0.3 is 0 Å². The van der Waals surface area contributed by atoms with Gasteiger partial charge in [-0.15, -0.1) is 0 Å². The summed E-state index contributed by atoms with van der Waals surface area (Å²) in [5.41, 5.74) is 0. The monoisotopic (exact) mass is 206 g/mol. The Morgan fingerprint density at radius 1 is 1.33 bits per heavy atom. The van der Waals surface area contributed by atoms with Crippen molar-refractivity contribution in [1.82, 2.24) is 0 Å². The van der Waals surface area contributed by atoms with Gasteiger partial charge < -0.3 is 0 Å². The molecule has 0 N–H and O–H groups in total. The van der Waals surface area contributed by atoms with E-state index in [9.17, 15) is 0 Å². The molecule has 0 spiro atoms. The van der Waals surface area contributed by atoms with E-state index in [4.69, 9.17) is 0 Å². The lowest BCUT2D eigenvalue weighted by atomic mass is 9.91.